The summed E-state index contributed by atoms with van der Waals surface area (Å²) in [5.74, 6) is -2.11. The predicted molar refractivity (Wildman–Crippen MR) is 183 cm³/mol. The molecule has 0 bridgehead atoms. The van der Waals surface area contributed by atoms with Crippen molar-refractivity contribution in [2.45, 2.75) is 130 Å². The first-order valence-electron chi connectivity index (χ1n) is 17.4. The zero-order chi connectivity index (χ0) is 36.3. The summed E-state index contributed by atoms with van der Waals surface area (Å²) in [6, 6.07) is 0.695. The van der Waals surface area contributed by atoms with E-state index in [9.17, 15) is 24.0 Å². The van der Waals surface area contributed by atoms with Crippen LogP contribution in [0.15, 0.2) is 17.3 Å². The van der Waals surface area contributed by atoms with Crippen LogP contribution in [0.4, 0.5) is 4.79 Å². The summed E-state index contributed by atoms with van der Waals surface area (Å²) in [4.78, 5) is 73.7. The SMILES string of the molecule is CCOc1c(C)cc(C2=NO[C@]3(C2)C[C@@H](C(=O)N[C@@H](CC2CC2)C(=O)C(N)=O)N(C(=O)[C@@H](NC(=O)OC(CC)CC)C(C)(C)C)C3)cc1C. The number of oxime groups is 1. The maximum absolute atomic E-state index is 14.5. The molecule has 270 valence electrons. The van der Waals surface area contributed by atoms with Gasteiger partial charge in [-0.15, -0.1) is 0 Å². The van der Waals surface area contributed by atoms with E-state index in [0.29, 0.717) is 31.6 Å². The summed E-state index contributed by atoms with van der Waals surface area (Å²) < 4.78 is 11.4. The number of hydrogen-bond donors (Lipinski definition) is 3. The Labute approximate surface area is 289 Å². The molecule has 1 saturated carbocycles. The Balaban J connectivity index is 1.64. The Hall–Kier alpha value is -4.16. The molecule has 4 atom stereocenters. The number of carbonyl (C=O) groups excluding carboxylic acids is 5. The van der Waals surface area contributed by atoms with Crippen LogP contribution in [0, 0.1) is 25.2 Å². The van der Waals surface area contributed by atoms with Crippen molar-refractivity contribution in [2.75, 3.05) is 13.2 Å². The maximum Gasteiger partial charge on any atom is 0.408 e. The van der Waals surface area contributed by atoms with Gasteiger partial charge in [-0.25, -0.2) is 4.79 Å². The second-order valence-electron chi connectivity index (χ2n) is 14.8. The van der Waals surface area contributed by atoms with E-state index < -0.39 is 58.7 Å². The number of primary amides is 1. The van der Waals surface area contributed by atoms with Crippen LogP contribution in [0.5, 0.6) is 5.75 Å². The van der Waals surface area contributed by atoms with E-state index in [4.69, 9.17) is 20.0 Å². The highest BCUT2D eigenvalue weighted by atomic mass is 16.7. The number of alkyl carbamates (subject to hydrolysis) is 1. The molecule has 4 N–H and O–H groups in total. The fraction of sp³-hybridized carbons (Fsp3) is 0.667. The minimum absolute atomic E-state index is 0.00117. The monoisotopic (exact) mass is 683 g/mol. The molecular weight excluding hydrogens is 630 g/mol. The fourth-order valence-electron chi connectivity index (χ4n) is 6.70. The predicted octanol–water partition coefficient (Wildman–Crippen LogP) is 3.84. The molecule has 1 aromatic carbocycles. The number of ether oxygens (including phenoxy) is 2. The Morgan fingerprint density at radius 1 is 1.06 bits per heavy atom. The fourth-order valence-corrected chi connectivity index (χ4v) is 6.70. The average Bonchev–Trinajstić information content (AvgIpc) is 3.64. The first kappa shape index (κ1) is 37.7. The van der Waals surface area contributed by atoms with Crippen LogP contribution in [0.25, 0.3) is 0 Å². The molecule has 1 aliphatic carbocycles. The number of nitrogens with two attached hydrogens (primary N) is 1. The molecule has 49 heavy (non-hydrogen) atoms. The number of Topliss-reactive ketones (excluding diaryl/α,β-unsaturated/α-hetero) is 1. The summed E-state index contributed by atoms with van der Waals surface area (Å²) >= 11 is 0. The van der Waals surface area contributed by atoms with Gasteiger partial charge in [0.25, 0.3) is 5.91 Å². The van der Waals surface area contributed by atoms with E-state index in [2.05, 4.69) is 15.8 Å². The summed E-state index contributed by atoms with van der Waals surface area (Å²) in [6.07, 6.45) is 2.65. The third kappa shape index (κ3) is 8.90. The van der Waals surface area contributed by atoms with Gasteiger partial charge in [-0.2, -0.15) is 0 Å². The second kappa shape index (κ2) is 15.2. The van der Waals surface area contributed by atoms with Crippen molar-refractivity contribution in [2.24, 2.45) is 22.2 Å². The number of hydrogen-bond acceptors (Lipinski definition) is 9. The van der Waals surface area contributed by atoms with Gasteiger partial charge in [-0.05, 0) is 74.6 Å². The summed E-state index contributed by atoms with van der Waals surface area (Å²) in [5.41, 5.74) is 6.92. The van der Waals surface area contributed by atoms with Gasteiger partial charge in [0.2, 0.25) is 17.6 Å². The molecule has 4 rings (SSSR count). The summed E-state index contributed by atoms with van der Waals surface area (Å²) in [6.45, 7) is 15.7. The molecule has 4 amide bonds. The van der Waals surface area contributed by atoms with Crippen molar-refractivity contribution >= 4 is 35.3 Å². The number of nitrogens with zero attached hydrogens (tertiary/aromatic N) is 2. The third-order valence-electron chi connectivity index (χ3n) is 9.61. The van der Waals surface area contributed by atoms with Crippen molar-refractivity contribution in [1.82, 2.24) is 15.5 Å². The molecule has 0 radical (unpaired) electrons. The first-order chi connectivity index (χ1) is 23.0. The molecule has 1 aromatic rings. The van der Waals surface area contributed by atoms with Crippen molar-refractivity contribution < 1.29 is 38.3 Å². The second-order valence-corrected chi connectivity index (χ2v) is 14.8. The Bertz CT molecular complexity index is 1450. The molecule has 2 fully saturated rings. The molecule has 13 heteroatoms. The van der Waals surface area contributed by atoms with Crippen LogP contribution in [0.2, 0.25) is 0 Å². The lowest BCUT2D eigenvalue weighted by Gasteiger charge is -2.35. The third-order valence-corrected chi connectivity index (χ3v) is 9.61. The number of amides is 4. The van der Waals surface area contributed by atoms with Gasteiger partial charge in [-0.3, -0.25) is 19.2 Å². The number of likely N-dealkylation sites (tertiary alicyclic amines) is 1. The van der Waals surface area contributed by atoms with Crippen molar-refractivity contribution in [3.05, 3.63) is 28.8 Å². The van der Waals surface area contributed by atoms with Crippen LogP contribution in [-0.4, -0.2) is 83.2 Å². The van der Waals surface area contributed by atoms with E-state index in [0.717, 1.165) is 35.3 Å². The van der Waals surface area contributed by atoms with Crippen molar-refractivity contribution in [3.8, 4) is 5.75 Å². The smallest absolute Gasteiger partial charge is 0.408 e. The number of rotatable bonds is 14. The molecule has 1 saturated heterocycles. The zero-order valence-electron chi connectivity index (χ0n) is 30.1. The van der Waals surface area contributed by atoms with Gasteiger partial charge in [0.05, 0.1) is 24.9 Å². The normalized spacial score (nSPS) is 21.5. The highest BCUT2D eigenvalue weighted by Crippen LogP contribution is 2.41. The molecule has 0 aromatic heterocycles. The van der Waals surface area contributed by atoms with Gasteiger partial charge < -0.3 is 35.6 Å². The zero-order valence-corrected chi connectivity index (χ0v) is 30.1. The number of aryl methyl sites for hydroxylation is 2. The minimum atomic E-state index is -1.13. The standard InChI is InChI=1S/C36H53N5O8/c1-9-24(10-2)48-34(46)39-30(35(6,7)8)33(45)41-19-36(17-26(40-49-36)23-14-20(4)29(47-11-3)21(5)15-23)18-27(41)32(44)38-25(16-22-12-13-22)28(42)31(37)43/h14-15,22,24-25,27,30H,9-13,16-19H2,1-8H3,(H2,37,43)(H,38,44)(H,39,46)/t25-,27-,30+,36+/m0/s1. The van der Waals surface area contributed by atoms with Crippen molar-refractivity contribution in [1.29, 1.82) is 0 Å². The molecule has 13 nitrogen and oxygen atoms in total. The molecule has 2 heterocycles. The van der Waals surface area contributed by atoms with Gasteiger partial charge in [0.15, 0.2) is 5.60 Å². The van der Waals surface area contributed by atoms with E-state index >= 15 is 0 Å². The van der Waals surface area contributed by atoms with Crippen LogP contribution in [-0.2, 0) is 28.8 Å². The number of ketones is 1. The van der Waals surface area contributed by atoms with Gasteiger partial charge in [-0.1, -0.05) is 52.6 Å². The van der Waals surface area contributed by atoms with Crippen LogP contribution < -0.4 is 21.1 Å². The Kier molecular flexibility index (Phi) is 11.7. The van der Waals surface area contributed by atoms with Crippen molar-refractivity contribution in [3.63, 3.8) is 0 Å². The van der Waals surface area contributed by atoms with Gasteiger partial charge in [0.1, 0.15) is 23.9 Å². The lowest BCUT2D eigenvalue weighted by Crippen LogP contribution is -2.59. The Morgan fingerprint density at radius 2 is 1.69 bits per heavy atom. The Morgan fingerprint density at radius 3 is 2.22 bits per heavy atom. The van der Waals surface area contributed by atoms with Gasteiger partial charge in [0, 0.05) is 18.4 Å². The van der Waals surface area contributed by atoms with Crippen LogP contribution in [0.3, 0.4) is 0 Å². The molecule has 1 spiro atoms. The van der Waals surface area contributed by atoms with E-state index in [1.165, 1.54) is 4.90 Å². The topological polar surface area (TPSA) is 179 Å². The number of benzene rings is 1. The summed E-state index contributed by atoms with van der Waals surface area (Å²) in [7, 11) is 0. The summed E-state index contributed by atoms with van der Waals surface area (Å²) in [5, 5.41) is 9.94. The highest BCUT2D eigenvalue weighted by Gasteiger charge is 2.56. The van der Waals surface area contributed by atoms with Crippen LogP contribution >= 0.6 is 0 Å². The largest absolute Gasteiger partial charge is 0.493 e. The van der Waals surface area contributed by atoms with Crippen LogP contribution in [0.1, 0.15) is 103 Å². The minimum Gasteiger partial charge on any atom is -0.493 e. The van der Waals surface area contributed by atoms with E-state index in [1.54, 1.807) is 0 Å². The maximum atomic E-state index is 14.5. The number of carbonyl (C=O) groups is 5. The first-order valence-corrected chi connectivity index (χ1v) is 17.4. The lowest BCUT2D eigenvalue weighted by molar-refractivity contribution is -0.143. The van der Waals surface area contributed by atoms with E-state index in [1.807, 2.05) is 67.5 Å². The quantitative estimate of drug-likeness (QED) is 0.248. The molecule has 2 aliphatic heterocycles. The molecular formula is C36H53N5O8. The average molecular weight is 684 g/mol. The lowest BCUT2D eigenvalue weighted by atomic mass is 9.85. The molecule has 3 aliphatic rings. The molecule has 0 unspecified atom stereocenters. The van der Waals surface area contributed by atoms with E-state index in [-0.39, 0.29) is 31.4 Å². The highest BCUT2D eigenvalue weighted by molar-refractivity contribution is 6.37. The number of nitrogens with one attached hydrogen (secondary N) is 2. The van der Waals surface area contributed by atoms with Gasteiger partial charge >= 0.3 is 6.09 Å².